The van der Waals surface area contributed by atoms with E-state index in [1.54, 1.807) is 12.1 Å². The molecule has 2 aromatic carbocycles. The number of carbonyl (C=O) groups excluding carboxylic acids is 2. The number of amides is 1. The van der Waals surface area contributed by atoms with Crippen LogP contribution in [0.25, 0.3) is 11.3 Å². The maximum absolute atomic E-state index is 13.0. The molecule has 0 atom stereocenters. The van der Waals surface area contributed by atoms with Gasteiger partial charge in [0, 0.05) is 17.2 Å². The van der Waals surface area contributed by atoms with Crippen molar-refractivity contribution < 1.29 is 14.1 Å². The fourth-order valence-corrected chi connectivity index (χ4v) is 3.48. The number of anilines is 1. The minimum atomic E-state index is -0.473. The molecule has 2 aromatic heterocycles. The Kier molecular flexibility index (Phi) is 4.59. The van der Waals surface area contributed by atoms with Gasteiger partial charge in [-0.2, -0.15) is 0 Å². The van der Waals surface area contributed by atoms with Gasteiger partial charge in [0.25, 0.3) is 5.91 Å². The van der Waals surface area contributed by atoms with Gasteiger partial charge in [0.05, 0.1) is 11.9 Å². The standard InChI is InChI=1S/C20H13N3O3S/c24-17(14-9-5-2-6-10-14)18-16(13-7-3-1-4-8-13)22-20(27-18)23-19(25)15-11-12-21-26-15/h1-12H,(H,22,23,25). The highest BCUT2D eigenvalue weighted by molar-refractivity contribution is 7.18. The van der Waals surface area contributed by atoms with Gasteiger partial charge in [-0.05, 0) is 0 Å². The summed E-state index contributed by atoms with van der Waals surface area (Å²) in [5.74, 6) is -0.547. The van der Waals surface area contributed by atoms with Crippen molar-refractivity contribution in [3.05, 3.63) is 89.1 Å². The Balaban J connectivity index is 1.73. The molecule has 0 unspecified atom stereocenters. The van der Waals surface area contributed by atoms with Gasteiger partial charge in [0.1, 0.15) is 4.88 Å². The average Bonchev–Trinajstić information content (AvgIpc) is 3.39. The van der Waals surface area contributed by atoms with E-state index in [2.05, 4.69) is 15.5 Å². The molecule has 0 fully saturated rings. The molecular formula is C20H13N3O3S. The van der Waals surface area contributed by atoms with E-state index in [1.807, 2.05) is 48.5 Å². The van der Waals surface area contributed by atoms with E-state index in [4.69, 9.17) is 4.52 Å². The van der Waals surface area contributed by atoms with Crippen LogP contribution in [0, 0.1) is 0 Å². The van der Waals surface area contributed by atoms with Crippen LogP contribution in [-0.2, 0) is 0 Å². The molecule has 0 saturated carbocycles. The predicted molar refractivity (Wildman–Crippen MR) is 102 cm³/mol. The molecule has 2 heterocycles. The van der Waals surface area contributed by atoms with Crippen LogP contribution in [0.15, 0.2) is 77.4 Å². The summed E-state index contributed by atoms with van der Waals surface area (Å²) in [6, 6.07) is 19.8. The van der Waals surface area contributed by atoms with Gasteiger partial charge in [-0.3, -0.25) is 14.9 Å². The number of thiazole rings is 1. The lowest BCUT2D eigenvalue weighted by molar-refractivity contribution is 0.0986. The van der Waals surface area contributed by atoms with Crippen molar-refractivity contribution in [1.82, 2.24) is 10.1 Å². The molecule has 0 spiro atoms. The number of nitrogens with one attached hydrogen (secondary N) is 1. The van der Waals surface area contributed by atoms with E-state index in [9.17, 15) is 9.59 Å². The molecule has 4 aromatic rings. The SMILES string of the molecule is O=C(Nc1nc(-c2ccccc2)c(C(=O)c2ccccc2)s1)c1ccno1. The number of aromatic nitrogens is 2. The van der Waals surface area contributed by atoms with E-state index < -0.39 is 5.91 Å². The Hall–Kier alpha value is -3.58. The predicted octanol–water partition coefficient (Wildman–Crippen LogP) is 4.28. The Morgan fingerprint density at radius 1 is 0.926 bits per heavy atom. The van der Waals surface area contributed by atoms with Crippen LogP contribution in [0.3, 0.4) is 0 Å². The zero-order chi connectivity index (χ0) is 18.6. The smallest absolute Gasteiger partial charge is 0.296 e. The van der Waals surface area contributed by atoms with Gasteiger partial charge < -0.3 is 4.52 Å². The topological polar surface area (TPSA) is 85.1 Å². The highest BCUT2D eigenvalue weighted by Gasteiger charge is 2.22. The number of benzene rings is 2. The number of rotatable bonds is 5. The fourth-order valence-electron chi connectivity index (χ4n) is 2.53. The number of ketones is 1. The molecular weight excluding hydrogens is 362 g/mol. The Labute approximate surface area is 158 Å². The second-order valence-corrected chi connectivity index (χ2v) is 6.59. The molecule has 0 aliphatic carbocycles. The van der Waals surface area contributed by atoms with Crippen molar-refractivity contribution in [3.8, 4) is 11.3 Å². The maximum atomic E-state index is 13.0. The van der Waals surface area contributed by atoms with Gasteiger partial charge in [-0.15, -0.1) is 0 Å². The maximum Gasteiger partial charge on any atom is 0.296 e. The molecule has 0 aliphatic rings. The third-order valence-electron chi connectivity index (χ3n) is 3.80. The van der Waals surface area contributed by atoms with Gasteiger partial charge in [-0.25, -0.2) is 4.98 Å². The van der Waals surface area contributed by atoms with Gasteiger partial charge in [-0.1, -0.05) is 77.2 Å². The van der Waals surface area contributed by atoms with E-state index in [0.717, 1.165) is 16.9 Å². The van der Waals surface area contributed by atoms with Crippen LogP contribution in [0.1, 0.15) is 25.8 Å². The number of hydrogen-bond acceptors (Lipinski definition) is 6. The second-order valence-electron chi connectivity index (χ2n) is 5.59. The van der Waals surface area contributed by atoms with Gasteiger partial charge >= 0.3 is 0 Å². The lowest BCUT2D eigenvalue weighted by Crippen LogP contribution is -2.10. The monoisotopic (exact) mass is 375 g/mol. The summed E-state index contributed by atoms with van der Waals surface area (Å²) in [4.78, 5) is 30.1. The first kappa shape index (κ1) is 16.9. The van der Waals surface area contributed by atoms with Gasteiger partial charge in [0.2, 0.25) is 11.5 Å². The molecule has 132 valence electrons. The molecule has 0 saturated heterocycles. The largest absolute Gasteiger partial charge is 0.351 e. The summed E-state index contributed by atoms with van der Waals surface area (Å²) in [6.07, 6.45) is 1.39. The molecule has 6 nitrogen and oxygen atoms in total. The summed E-state index contributed by atoms with van der Waals surface area (Å²) in [5.41, 5.74) is 1.89. The Morgan fingerprint density at radius 2 is 1.63 bits per heavy atom. The Morgan fingerprint density at radius 3 is 2.30 bits per heavy atom. The van der Waals surface area contributed by atoms with Crippen LogP contribution in [0.5, 0.6) is 0 Å². The van der Waals surface area contributed by atoms with Crippen LogP contribution in [-0.4, -0.2) is 21.8 Å². The van der Waals surface area contributed by atoms with E-state index in [-0.39, 0.29) is 11.5 Å². The molecule has 27 heavy (non-hydrogen) atoms. The van der Waals surface area contributed by atoms with E-state index >= 15 is 0 Å². The molecule has 4 rings (SSSR count). The first-order valence-electron chi connectivity index (χ1n) is 8.10. The van der Waals surface area contributed by atoms with Crippen molar-refractivity contribution in [2.24, 2.45) is 0 Å². The van der Waals surface area contributed by atoms with Crippen LogP contribution < -0.4 is 5.32 Å². The highest BCUT2D eigenvalue weighted by atomic mass is 32.1. The Bertz CT molecular complexity index is 1070. The third kappa shape index (κ3) is 3.54. The van der Waals surface area contributed by atoms with Crippen molar-refractivity contribution >= 4 is 28.2 Å². The number of carbonyl (C=O) groups is 2. The summed E-state index contributed by atoms with van der Waals surface area (Å²) in [6.45, 7) is 0. The van der Waals surface area contributed by atoms with Crippen molar-refractivity contribution in [1.29, 1.82) is 0 Å². The molecule has 0 radical (unpaired) electrons. The first-order chi connectivity index (χ1) is 13.2. The average molecular weight is 375 g/mol. The molecule has 1 amide bonds. The summed E-state index contributed by atoms with van der Waals surface area (Å²) in [5, 5.41) is 6.49. The minimum Gasteiger partial charge on any atom is -0.351 e. The fraction of sp³-hybridized carbons (Fsp3) is 0. The number of hydrogen-bond donors (Lipinski definition) is 1. The minimum absolute atomic E-state index is 0.0717. The molecule has 0 aliphatic heterocycles. The third-order valence-corrected chi connectivity index (χ3v) is 4.77. The zero-order valence-corrected chi connectivity index (χ0v) is 14.8. The second kappa shape index (κ2) is 7.35. The molecule has 1 N–H and O–H groups in total. The van der Waals surface area contributed by atoms with Gasteiger partial charge in [0.15, 0.2) is 5.13 Å². The van der Waals surface area contributed by atoms with Crippen molar-refractivity contribution in [2.45, 2.75) is 0 Å². The van der Waals surface area contributed by atoms with Crippen molar-refractivity contribution in [3.63, 3.8) is 0 Å². The zero-order valence-electron chi connectivity index (χ0n) is 14.0. The van der Waals surface area contributed by atoms with E-state index in [1.165, 1.54) is 12.3 Å². The lowest BCUT2D eigenvalue weighted by Gasteiger charge is -2.02. The molecule has 0 bridgehead atoms. The summed E-state index contributed by atoms with van der Waals surface area (Å²) >= 11 is 1.13. The van der Waals surface area contributed by atoms with Crippen LogP contribution in [0.2, 0.25) is 0 Å². The highest BCUT2D eigenvalue weighted by Crippen LogP contribution is 2.33. The van der Waals surface area contributed by atoms with Crippen molar-refractivity contribution in [2.75, 3.05) is 5.32 Å². The quantitative estimate of drug-likeness (QED) is 0.526. The molecule has 7 heteroatoms. The normalized spacial score (nSPS) is 10.5. The summed E-state index contributed by atoms with van der Waals surface area (Å²) < 4.78 is 4.85. The van der Waals surface area contributed by atoms with E-state index in [0.29, 0.717) is 21.3 Å². The lowest BCUT2D eigenvalue weighted by atomic mass is 10.1. The van der Waals surface area contributed by atoms with Crippen LogP contribution in [0.4, 0.5) is 5.13 Å². The summed E-state index contributed by atoms with van der Waals surface area (Å²) in [7, 11) is 0. The van der Waals surface area contributed by atoms with Crippen LogP contribution >= 0.6 is 11.3 Å². The first-order valence-corrected chi connectivity index (χ1v) is 8.92. The number of nitrogens with zero attached hydrogens (tertiary/aromatic N) is 2.